The lowest BCUT2D eigenvalue weighted by Gasteiger charge is -2.36. The molecule has 2 heterocycles. The molecule has 0 bridgehead atoms. The number of sulfonamides is 1. The van der Waals surface area contributed by atoms with Crippen molar-refractivity contribution in [3.05, 3.63) is 48.4 Å². The number of halogens is 1. The summed E-state index contributed by atoms with van der Waals surface area (Å²) in [6.45, 7) is 7.25. The van der Waals surface area contributed by atoms with Crippen LogP contribution in [0.2, 0.25) is 0 Å². The Morgan fingerprint density at radius 2 is 1.63 bits per heavy atom. The van der Waals surface area contributed by atoms with Gasteiger partial charge in [-0.05, 0) is 24.3 Å². The fourth-order valence-electron chi connectivity index (χ4n) is 3.31. The lowest BCUT2D eigenvalue weighted by atomic mass is 10.2. The van der Waals surface area contributed by atoms with Crippen molar-refractivity contribution in [2.75, 3.05) is 49.1 Å². The molecule has 1 aromatic carbocycles. The summed E-state index contributed by atoms with van der Waals surface area (Å²) >= 11 is 0. The van der Waals surface area contributed by atoms with E-state index >= 15 is 0 Å². The monoisotopic (exact) mass is 392 g/mol. The molecular formula is C19H25FN4O2S. The van der Waals surface area contributed by atoms with E-state index in [1.807, 2.05) is 24.8 Å². The third-order valence-electron chi connectivity index (χ3n) is 4.86. The van der Waals surface area contributed by atoms with Crippen LogP contribution in [0.5, 0.6) is 0 Å². The molecule has 1 aliphatic heterocycles. The highest BCUT2D eigenvalue weighted by Crippen LogP contribution is 2.23. The van der Waals surface area contributed by atoms with Crippen molar-refractivity contribution >= 4 is 21.5 Å². The van der Waals surface area contributed by atoms with E-state index in [0.717, 1.165) is 5.82 Å². The van der Waals surface area contributed by atoms with Crippen molar-refractivity contribution in [2.24, 2.45) is 0 Å². The summed E-state index contributed by atoms with van der Waals surface area (Å²) in [7, 11) is -3.50. The Labute approximate surface area is 160 Å². The van der Waals surface area contributed by atoms with Gasteiger partial charge in [0.2, 0.25) is 10.0 Å². The molecule has 27 heavy (non-hydrogen) atoms. The van der Waals surface area contributed by atoms with E-state index in [2.05, 4.69) is 9.88 Å². The second-order valence-electron chi connectivity index (χ2n) is 6.37. The molecule has 1 saturated heterocycles. The normalized spacial score (nSPS) is 15.4. The number of pyridine rings is 1. The topological polar surface area (TPSA) is 56.8 Å². The van der Waals surface area contributed by atoms with E-state index in [-0.39, 0.29) is 10.7 Å². The molecule has 1 aliphatic rings. The van der Waals surface area contributed by atoms with Gasteiger partial charge >= 0.3 is 0 Å². The first-order valence-corrected chi connectivity index (χ1v) is 10.6. The highest BCUT2D eigenvalue weighted by molar-refractivity contribution is 7.89. The van der Waals surface area contributed by atoms with Crippen molar-refractivity contribution in [1.82, 2.24) is 9.29 Å². The number of anilines is 2. The molecule has 0 atom stereocenters. The van der Waals surface area contributed by atoms with Crippen molar-refractivity contribution in [3.8, 4) is 0 Å². The van der Waals surface area contributed by atoms with Gasteiger partial charge in [0.05, 0.1) is 5.69 Å². The Balaban J connectivity index is 1.68. The highest BCUT2D eigenvalue weighted by atomic mass is 32.2. The molecule has 6 nitrogen and oxygen atoms in total. The molecule has 1 aromatic heterocycles. The summed E-state index contributed by atoms with van der Waals surface area (Å²) in [5.74, 6) is 0.525. The molecule has 0 saturated carbocycles. The van der Waals surface area contributed by atoms with Gasteiger partial charge in [0.15, 0.2) is 0 Å². The summed E-state index contributed by atoms with van der Waals surface area (Å²) in [6.07, 6.45) is 1.42. The summed E-state index contributed by atoms with van der Waals surface area (Å²) in [4.78, 5) is 8.68. The molecule has 2 aromatic rings. The number of piperazine rings is 1. The maximum atomic E-state index is 13.9. The Morgan fingerprint density at radius 3 is 2.19 bits per heavy atom. The van der Waals surface area contributed by atoms with Crippen LogP contribution >= 0.6 is 0 Å². The summed E-state index contributed by atoms with van der Waals surface area (Å²) in [6, 6.07) is 10.1. The number of nitrogens with zero attached hydrogens (tertiary/aromatic N) is 4. The zero-order valence-corrected chi connectivity index (χ0v) is 16.5. The number of rotatable bonds is 6. The van der Waals surface area contributed by atoms with Gasteiger partial charge in [-0.25, -0.2) is 17.8 Å². The Kier molecular flexibility index (Phi) is 5.96. The van der Waals surface area contributed by atoms with Crippen molar-refractivity contribution < 1.29 is 12.8 Å². The van der Waals surface area contributed by atoms with Gasteiger partial charge in [-0.15, -0.1) is 0 Å². The van der Waals surface area contributed by atoms with E-state index < -0.39 is 10.0 Å². The summed E-state index contributed by atoms with van der Waals surface area (Å²) in [5.41, 5.74) is 0.616. The van der Waals surface area contributed by atoms with Gasteiger partial charge in [0, 0.05) is 45.5 Å². The van der Waals surface area contributed by atoms with Crippen LogP contribution in [-0.4, -0.2) is 57.0 Å². The number of aromatic nitrogens is 1. The average Bonchev–Trinajstić information content (AvgIpc) is 2.69. The molecule has 8 heteroatoms. The van der Waals surface area contributed by atoms with Gasteiger partial charge in [-0.1, -0.05) is 26.0 Å². The third-order valence-corrected chi connectivity index (χ3v) is 6.89. The first-order chi connectivity index (χ1) is 13.0. The molecular weight excluding hydrogens is 367 g/mol. The SMILES string of the molecule is CCN(CC)S(=O)(=O)c1ccc(N2CCN(c3ccccc3F)CC2)nc1. The van der Waals surface area contributed by atoms with Crippen LogP contribution in [0.3, 0.4) is 0 Å². The van der Waals surface area contributed by atoms with E-state index in [1.54, 1.807) is 24.3 Å². The number of benzene rings is 1. The number of hydrogen-bond acceptors (Lipinski definition) is 5. The third kappa shape index (κ3) is 4.06. The second kappa shape index (κ2) is 8.22. The van der Waals surface area contributed by atoms with Gasteiger partial charge in [-0.3, -0.25) is 0 Å². The van der Waals surface area contributed by atoms with E-state index in [1.165, 1.54) is 16.6 Å². The number of para-hydroxylation sites is 1. The highest BCUT2D eigenvalue weighted by Gasteiger charge is 2.24. The van der Waals surface area contributed by atoms with E-state index in [4.69, 9.17) is 0 Å². The van der Waals surface area contributed by atoms with Crippen LogP contribution in [0.4, 0.5) is 15.9 Å². The minimum atomic E-state index is -3.50. The molecule has 0 N–H and O–H groups in total. The van der Waals surface area contributed by atoms with Gasteiger partial charge in [-0.2, -0.15) is 4.31 Å². The predicted octanol–water partition coefficient (Wildman–Crippen LogP) is 2.58. The van der Waals surface area contributed by atoms with Crippen LogP contribution in [0.25, 0.3) is 0 Å². The first-order valence-electron chi connectivity index (χ1n) is 9.18. The number of hydrogen-bond donors (Lipinski definition) is 0. The average molecular weight is 393 g/mol. The second-order valence-corrected chi connectivity index (χ2v) is 8.30. The molecule has 0 aliphatic carbocycles. The van der Waals surface area contributed by atoms with Crippen LogP contribution in [0, 0.1) is 5.82 Å². The summed E-state index contributed by atoms with van der Waals surface area (Å²) < 4.78 is 40.4. The summed E-state index contributed by atoms with van der Waals surface area (Å²) in [5, 5.41) is 0. The molecule has 0 spiro atoms. The fourth-order valence-corrected chi connectivity index (χ4v) is 4.71. The van der Waals surface area contributed by atoms with Crippen molar-refractivity contribution in [1.29, 1.82) is 0 Å². The van der Waals surface area contributed by atoms with Crippen LogP contribution in [0.1, 0.15) is 13.8 Å². The minimum Gasteiger partial charge on any atom is -0.366 e. The lowest BCUT2D eigenvalue weighted by molar-refractivity contribution is 0.445. The van der Waals surface area contributed by atoms with Crippen molar-refractivity contribution in [3.63, 3.8) is 0 Å². The Bertz CT molecular complexity index is 862. The van der Waals surface area contributed by atoms with Gasteiger partial charge in [0.25, 0.3) is 0 Å². The van der Waals surface area contributed by atoms with Crippen molar-refractivity contribution in [2.45, 2.75) is 18.7 Å². The van der Waals surface area contributed by atoms with Crippen LogP contribution in [0.15, 0.2) is 47.5 Å². The molecule has 1 fully saturated rings. The molecule has 0 unspecified atom stereocenters. The zero-order chi connectivity index (χ0) is 19.4. The van der Waals surface area contributed by atoms with Gasteiger partial charge in [0.1, 0.15) is 16.5 Å². The molecule has 0 amide bonds. The van der Waals surface area contributed by atoms with Gasteiger partial charge < -0.3 is 9.80 Å². The largest absolute Gasteiger partial charge is 0.366 e. The first kappa shape index (κ1) is 19.6. The molecule has 0 radical (unpaired) electrons. The predicted molar refractivity (Wildman–Crippen MR) is 105 cm³/mol. The van der Waals surface area contributed by atoms with E-state index in [9.17, 15) is 12.8 Å². The van der Waals surface area contributed by atoms with Crippen LogP contribution in [-0.2, 0) is 10.0 Å². The lowest BCUT2D eigenvalue weighted by Crippen LogP contribution is -2.47. The Morgan fingerprint density at radius 1 is 1.00 bits per heavy atom. The Hall–Kier alpha value is -2.19. The maximum Gasteiger partial charge on any atom is 0.244 e. The molecule has 3 rings (SSSR count). The minimum absolute atomic E-state index is 0.208. The fraction of sp³-hybridized carbons (Fsp3) is 0.421. The quantitative estimate of drug-likeness (QED) is 0.756. The molecule has 146 valence electrons. The maximum absolute atomic E-state index is 13.9. The smallest absolute Gasteiger partial charge is 0.244 e. The van der Waals surface area contributed by atoms with Crippen LogP contribution < -0.4 is 9.80 Å². The standard InChI is InChI=1S/C19H25FN4O2S/c1-3-24(4-2)27(25,26)16-9-10-19(21-15-16)23-13-11-22(12-14-23)18-8-6-5-7-17(18)20/h5-10,15H,3-4,11-14H2,1-2H3. The zero-order valence-electron chi connectivity index (χ0n) is 15.7. The van der Waals surface area contributed by atoms with E-state index in [0.29, 0.717) is 45.0 Å².